The molecular weight excluding hydrogens is 372 g/mol. The summed E-state index contributed by atoms with van der Waals surface area (Å²) in [5.41, 5.74) is 5.12. The smallest absolute Gasteiger partial charge is 0.256 e. The number of benzene rings is 1. The van der Waals surface area contributed by atoms with Crippen LogP contribution in [0.5, 0.6) is 0 Å². The molecule has 3 aromatic rings. The van der Waals surface area contributed by atoms with E-state index in [1.807, 2.05) is 38.1 Å². The maximum absolute atomic E-state index is 12.6. The fourth-order valence-electron chi connectivity index (χ4n) is 3.41. The number of aromatic nitrogens is 3. The lowest BCUT2D eigenvalue weighted by molar-refractivity contribution is 0.0954. The number of rotatable bonds is 8. The molecule has 1 aromatic carbocycles. The van der Waals surface area contributed by atoms with Crippen molar-refractivity contribution in [2.24, 2.45) is 0 Å². The van der Waals surface area contributed by atoms with Crippen molar-refractivity contribution >= 4 is 23.2 Å². The van der Waals surface area contributed by atoms with Crippen molar-refractivity contribution in [1.82, 2.24) is 19.9 Å². The molecule has 0 fully saturated rings. The number of nitrogens with one attached hydrogen (secondary N) is 1. The van der Waals surface area contributed by atoms with Crippen LogP contribution in [0.15, 0.2) is 30.5 Å². The lowest BCUT2D eigenvalue weighted by Crippen LogP contribution is -2.24. The first kappa shape index (κ1) is 20.3. The minimum Gasteiger partial charge on any atom is -0.352 e. The van der Waals surface area contributed by atoms with Gasteiger partial charge in [-0.2, -0.15) is 5.10 Å². The Morgan fingerprint density at radius 1 is 1.18 bits per heavy atom. The number of nitrogens with zero attached hydrogens (tertiary/aromatic N) is 3. The molecule has 0 aliphatic carbocycles. The van der Waals surface area contributed by atoms with Crippen molar-refractivity contribution < 1.29 is 4.79 Å². The number of amides is 1. The molecule has 0 spiro atoms. The SMILES string of the molecule is CCCCCCNC(=O)c1cnn2c(C)c(Cc3ccccc3Cl)c(C)nc12. The minimum atomic E-state index is -0.114. The van der Waals surface area contributed by atoms with Crippen LogP contribution in [0.25, 0.3) is 5.65 Å². The molecule has 2 aromatic heterocycles. The van der Waals surface area contributed by atoms with Crippen LogP contribution in [0.1, 0.15) is 65.5 Å². The van der Waals surface area contributed by atoms with Gasteiger partial charge in [0.2, 0.25) is 0 Å². The van der Waals surface area contributed by atoms with Crippen LogP contribution in [-0.2, 0) is 6.42 Å². The van der Waals surface area contributed by atoms with Gasteiger partial charge in [0.05, 0.1) is 6.20 Å². The summed E-state index contributed by atoms with van der Waals surface area (Å²) in [5, 5.41) is 8.15. The van der Waals surface area contributed by atoms with Crippen molar-refractivity contribution in [3.63, 3.8) is 0 Å². The molecule has 0 saturated heterocycles. The van der Waals surface area contributed by atoms with Gasteiger partial charge >= 0.3 is 0 Å². The average molecular weight is 399 g/mol. The van der Waals surface area contributed by atoms with E-state index in [-0.39, 0.29) is 5.91 Å². The zero-order valence-corrected chi connectivity index (χ0v) is 17.5. The standard InChI is InChI=1S/C22H27ClN4O/c1-4-5-6-9-12-24-22(28)19-14-25-27-16(3)18(15(2)26-21(19)27)13-17-10-7-8-11-20(17)23/h7-8,10-11,14H,4-6,9,12-13H2,1-3H3,(H,24,28). The topological polar surface area (TPSA) is 59.3 Å². The van der Waals surface area contributed by atoms with E-state index in [0.717, 1.165) is 40.4 Å². The van der Waals surface area contributed by atoms with Crippen LogP contribution >= 0.6 is 11.6 Å². The monoisotopic (exact) mass is 398 g/mol. The summed E-state index contributed by atoms with van der Waals surface area (Å²) in [6.45, 7) is 6.83. The van der Waals surface area contributed by atoms with Crippen molar-refractivity contribution in [1.29, 1.82) is 0 Å². The third-order valence-electron chi connectivity index (χ3n) is 5.09. The Hall–Kier alpha value is -2.40. The van der Waals surface area contributed by atoms with Crippen molar-refractivity contribution in [2.75, 3.05) is 6.54 Å². The normalized spacial score (nSPS) is 11.1. The second-order valence-electron chi connectivity index (χ2n) is 7.14. The molecule has 0 bridgehead atoms. The summed E-state index contributed by atoms with van der Waals surface area (Å²) in [6.07, 6.45) is 6.79. The number of hydrogen-bond acceptors (Lipinski definition) is 3. The van der Waals surface area contributed by atoms with Crippen LogP contribution in [0, 0.1) is 13.8 Å². The third-order valence-corrected chi connectivity index (χ3v) is 5.46. The predicted octanol–water partition coefficient (Wildman–Crippen LogP) is 4.90. The Morgan fingerprint density at radius 2 is 1.96 bits per heavy atom. The van der Waals surface area contributed by atoms with Crippen molar-refractivity contribution in [3.8, 4) is 0 Å². The molecule has 2 heterocycles. The van der Waals surface area contributed by atoms with E-state index in [9.17, 15) is 4.79 Å². The highest BCUT2D eigenvalue weighted by Gasteiger charge is 2.18. The fraction of sp³-hybridized carbons (Fsp3) is 0.409. The average Bonchev–Trinajstić information content (AvgIpc) is 3.10. The highest BCUT2D eigenvalue weighted by Crippen LogP contribution is 2.24. The van der Waals surface area contributed by atoms with Crippen LogP contribution in [-0.4, -0.2) is 27.0 Å². The Balaban J connectivity index is 1.83. The largest absolute Gasteiger partial charge is 0.352 e. The molecule has 5 nitrogen and oxygen atoms in total. The van der Waals surface area contributed by atoms with Gasteiger partial charge in [0.1, 0.15) is 5.56 Å². The van der Waals surface area contributed by atoms with Gasteiger partial charge in [0.25, 0.3) is 5.91 Å². The van der Waals surface area contributed by atoms with E-state index in [1.165, 1.54) is 12.8 Å². The van der Waals surface area contributed by atoms with Gasteiger partial charge in [-0.15, -0.1) is 0 Å². The Morgan fingerprint density at radius 3 is 2.71 bits per heavy atom. The summed E-state index contributed by atoms with van der Waals surface area (Å²) in [5.74, 6) is -0.114. The summed E-state index contributed by atoms with van der Waals surface area (Å²) in [4.78, 5) is 17.3. The Kier molecular flexibility index (Phi) is 6.68. The second kappa shape index (κ2) is 9.20. The molecule has 1 amide bonds. The highest BCUT2D eigenvalue weighted by molar-refractivity contribution is 6.31. The third kappa shape index (κ3) is 4.36. The first-order valence-corrected chi connectivity index (χ1v) is 10.3. The van der Waals surface area contributed by atoms with Gasteiger partial charge in [0.15, 0.2) is 5.65 Å². The number of carbonyl (C=O) groups is 1. The van der Waals surface area contributed by atoms with Crippen molar-refractivity contribution in [3.05, 3.63) is 63.6 Å². The second-order valence-corrected chi connectivity index (χ2v) is 7.55. The summed E-state index contributed by atoms with van der Waals surface area (Å²) in [7, 11) is 0. The van der Waals surface area contributed by atoms with Gasteiger partial charge in [0, 0.05) is 29.4 Å². The zero-order valence-electron chi connectivity index (χ0n) is 16.8. The Bertz CT molecular complexity index is 980. The van der Waals surface area contributed by atoms with Gasteiger partial charge in [-0.3, -0.25) is 4.79 Å². The quantitative estimate of drug-likeness (QED) is 0.549. The van der Waals surface area contributed by atoms with Crippen LogP contribution in [0.4, 0.5) is 0 Å². The summed E-state index contributed by atoms with van der Waals surface area (Å²) < 4.78 is 1.76. The lowest BCUT2D eigenvalue weighted by Gasteiger charge is -2.12. The minimum absolute atomic E-state index is 0.114. The molecule has 148 valence electrons. The number of unbranched alkanes of at least 4 members (excludes halogenated alkanes) is 3. The fourth-order valence-corrected chi connectivity index (χ4v) is 3.61. The molecular formula is C22H27ClN4O. The number of fused-ring (bicyclic) bond motifs is 1. The Labute approximate surface area is 171 Å². The molecule has 0 saturated carbocycles. The van der Waals surface area contributed by atoms with Gasteiger partial charge in [-0.1, -0.05) is 56.0 Å². The molecule has 0 radical (unpaired) electrons. The van der Waals surface area contributed by atoms with E-state index in [0.29, 0.717) is 24.2 Å². The first-order chi connectivity index (χ1) is 13.5. The number of aryl methyl sites for hydroxylation is 2. The maximum Gasteiger partial charge on any atom is 0.256 e. The molecule has 0 aliphatic rings. The molecule has 0 atom stereocenters. The molecule has 0 unspecified atom stereocenters. The summed E-state index contributed by atoms with van der Waals surface area (Å²) >= 11 is 6.33. The lowest BCUT2D eigenvalue weighted by atomic mass is 10.0. The molecule has 6 heteroatoms. The number of carbonyl (C=O) groups excluding carboxylic acids is 1. The van der Waals surface area contributed by atoms with E-state index in [1.54, 1.807) is 10.7 Å². The molecule has 1 N–H and O–H groups in total. The maximum atomic E-state index is 12.6. The van der Waals surface area contributed by atoms with E-state index in [4.69, 9.17) is 16.6 Å². The van der Waals surface area contributed by atoms with Crippen LogP contribution in [0.3, 0.4) is 0 Å². The van der Waals surface area contributed by atoms with Gasteiger partial charge in [-0.05, 0) is 37.5 Å². The first-order valence-electron chi connectivity index (χ1n) is 9.88. The van der Waals surface area contributed by atoms with E-state index in [2.05, 4.69) is 17.3 Å². The summed E-state index contributed by atoms with van der Waals surface area (Å²) in [6, 6.07) is 7.82. The zero-order chi connectivity index (χ0) is 20.1. The van der Waals surface area contributed by atoms with Crippen LogP contribution < -0.4 is 5.32 Å². The number of hydrogen-bond donors (Lipinski definition) is 1. The molecule has 3 rings (SSSR count). The van der Waals surface area contributed by atoms with E-state index < -0.39 is 0 Å². The van der Waals surface area contributed by atoms with Crippen LogP contribution in [0.2, 0.25) is 5.02 Å². The predicted molar refractivity (Wildman–Crippen MR) is 113 cm³/mol. The number of halogens is 1. The molecule has 0 aliphatic heterocycles. The van der Waals surface area contributed by atoms with E-state index >= 15 is 0 Å². The van der Waals surface area contributed by atoms with Gasteiger partial charge < -0.3 is 5.32 Å². The molecule has 28 heavy (non-hydrogen) atoms. The van der Waals surface area contributed by atoms with Gasteiger partial charge in [-0.25, -0.2) is 9.50 Å². The highest BCUT2D eigenvalue weighted by atomic mass is 35.5. The van der Waals surface area contributed by atoms with Crippen molar-refractivity contribution in [2.45, 2.75) is 52.9 Å².